The van der Waals surface area contributed by atoms with Gasteiger partial charge in [-0.15, -0.1) is 0 Å². The third-order valence-corrected chi connectivity index (χ3v) is 1.33. The predicted molar refractivity (Wildman–Crippen MR) is 40.8 cm³/mol. The summed E-state index contributed by atoms with van der Waals surface area (Å²) in [4.78, 5) is 17.3. The Bertz CT molecular complexity index is 267. The van der Waals surface area contributed by atoms with Gasteiger partial charge in [0.1, 0.15) is 0 Å². The van der Waals surface area contributed by atoms with Gasteiger partial charge in [-0.25, -0.2) is 4.98 Å². The number of rotatable bonds is 2. The van der Waals surface area contributed by atoms with Gasteiger partial charge in [0.2, 0.25) is 0 Å². The van der Waals surface area contributed by atoms with Crippen molar-refractivity contribution in [2.24, 2.45) is 0 Å². The smallest absolute Gasteiger partial charge is 0.296 e. The average Bonchev–Trinajstić information content (AvgIpc) is 2.03. The first-order valence-corrected chi connectivity index (χ1v) is 3.40. The monoisotopic (exact) mass is 154 g/mol. The van der Waals surface area contributed by atoms with E-state index in [9.17, 15) is 4.79 Å². The lowest BCUT2D eigenvalue weighted by molar-refractivity contribution is 0.376. The van der Waals surface area contributed by atoms with Crippen molar-refractivity contribution in [2.45, 2.75) is 13.3 Å². The van der Waals surface area contributed by atoms with Crippen molar-refractivity contribution in [3.8, 4) is 6.01 Å². The summed E-state index contributed by atoms with van der Waals surface area (Å²) < 4.78 is 4.77. The highest BCUT2D eigenvalue weighted by atomic mass is 16.5. The van der Waals surface area contributed by atoms with Gasteiger partial charge in [-0.1, -0.05) is 6.92 Å². The molecule has 0 aliphatic heterocycles. The zero-order chi connectivity index (χ0) is 8.27. The van der Waals surface area contributed by atoms with E-state index in [1.165, 1.54) is 13.2 Å². The van der Waals surface area contributed by atoms with Crippen LogP contribution in [-0.2, 0) is 6.42 Å². The number of nitrogens with zero attached hydrogens (tertiary/aromatic N) is 1. The average molecular weight is 154 g/mol. The molecular weight excluding hydrogens is 144 g/mol. The fourth-order valence-electron chi connectivity index (χ4n) is 0.761. The van der Waals surface area contributed by atoms with E-state index in [0.717, 1.165) is 12.1 Å². The van der Waals surface area contributed by atoms with E-state index >= 15 is 0 Å². The van der Waals surface area contributed by atoms with E-state index in [1.54, 1.807) is 0 Å². The molecule has 1 aromatic heterocycles. The Morgan fingerprint density at radius 2 is 2.45 bits per heavy atom. The molecule has 1 rings (SSSR count). The van der Waals surface area contributed by atoms with E-state index in [0.29, 0.717) is 0 Å². The maximum absolute atomic E-state index is 10.9. The third kappa shape index (κ3) is 1.80. The van der Waals surface area contributed by atoms with Gasteiger partial charge in [0.15, 0.2) is 0 Å². The zero-order valence-corrected chi connectivity index (χ0v) is 6.55. The third-order valence-electron chi connectivity index (χ3n) is 1.33. The molecule has 60 valence electrons. The lowest BCUT2D eigenvalue weighted by Gasteiger charge is -1.98. The van der Waals surface area contributed by atoms with E-state index in [4.69, 9.17) is 4.74 Å². The SMILES string of the molecule is CCc1cc(=O)[nH]c(OC)n1. The van der Waals surface area contributed by atoms with Crippen molar-refractivity contribution >= 4 is 0 Å². The summed E-state index contributed by atoms with van der Waals surface area (Å²) in [5.41, 5.74) is 0.569. The Morgan fingerprint density at radius 3 is 3.00 bits per heavy atom. The lowest BCUT2D eigenvalue weighted by Crippen LogP contribution is -2.09. The summed E-state index contributed by atoms with van der Waals surface area (Å²) in [6.45, 7) is 1.93. The maximum atomic E-state index is 10.9. The second-order valence-electron chi connectivity index (χ2n) is 2.10. The fourth-order valence-corrected chi connectivity index (χ4v) is 0.761. The van der Waals surface area contributed by atoms with Crippen LogP contribution in [0.1, 0.15) is 12.6 Å². The molecule has 1 aromatic rings. The highest BCUT2D eigenvalue weighted by Crippen LogP contribution is 1.98. The highest BCUT2D eigenvalue weighted by Gasteiger charge is 1.97. The molecule has 0 saturated heterocycles. The topological polar surface area (TPSA) is 55.0 Å². The van der Waals surface area contributed by atoms with Crippen molar-refractivity contribution in [2.75, 3.05) is 7.11 Å². The molecule has 0 radical (unpaired) electrons. The second-order valence-corrected chi connectivity index (χ2v) is 2.10. The van der Waals surface area contributed by atoms with Crippen LogP contribution in [-0.4, -0.2) is 17.1 Å². The molecule has 0 saturated carbocycles. The van der Waals surface area contributed by atoms with E-state index < -0.39 is 0 Å². The van der Waals surface area contributed by atoms with Crippen LogP contribution in [0.25, 0.3) is 0 Å². The fraction of sp³-hybridized carbons (Fsp3) is 0.429. The van der Waals surface area contributed by atoms with Crippen molar-refractivity contribution in [3.05, 3.63) is 22.1 Å². The number of aromatic nitrogens is 2. The molecule has 11 heavy (non-hydrogen) atoms. The molecule has 4 heteroatoms. The van der Waals surface area contributed by atoms with Gasteiger partial charge < -0.3 is 4.74 Å². The lowest BCUT2D eigenvalue weighted by atomic mass is 10.3. The van der Waals surface area contributed by atoms with Crippen LogP contribution in [0.4, 0.5) is 0 Å². The van der Waals surface area contributed by atoms with Gasteiger partial charge in [-0.05, 0) is 6.42 Å². The minimum atomic E-state index is -0.172. The quantitative estimate of drug-likeness (QED) is 0.668. The zero-order valence-electron chi connectivity index (χ0n) is 6.55. The molecular formula is C7H10N2O2. The molecule has 0 aliphatic rings. The van der Waals surface area contributed by atoms with Crippen LogP contribution in [0.3, 0.4) is 0 Å². The number of nitrogens with one attached hydrogen (secondary N) is 1. The van der Waals surface area contributed by atoms with Gasteiger partial charge >= 0.3 is 0 Å². The minimum Gasteiger partial charge on any atom is -0.468 e. The normalized spacial score (nSPS) is 9.64. The number of ether oxygens (including phenoxy) is 1. The number of aromatic amines is 1. The molecule has 0 fully saturated rings. The van der Waals surface area contributed by atoms with Crippen LogP contribution in [0.2, 0.25) is 0 Å². The first-order chi connectivity index (χ1) is 5.26. The summed E-state index contributed by atoms with van der Waals surface area (Å²) in [5.74, 6) is 0. The van der Waals surface area contributed by atoms with Gasteiger partial charge in [-0.2, -0.15) is 0 Å². The summed E-state index contributed by atoms with van der Waals surface area (Å²) in [7, 11) is 1.47. The molecule has 0 atom stereocenters. The van der Waals surface area contributed by atoms with Crippen molar-refractivity contribution in [1.82, 2.24) is 9.97 Å². The Balaban J connectivity index is 3.12. The predicted octanol–water partition coefficient (Wildman–Crippen LogP) is 0.341. The van der Waals surface area contributed by atoms with Crippen molar-refractivity contribution in [3.63, 3.8) is 0 Å². The van der Waals surface area contributed by atoms with Crippen LogP contribution < -0.4 is 10.3 Å². The summed E-state index contributed by atoms with van der Waals surface area (Å²) in [6, 6.07) is 1.73. The molecule has 0 bridgehead atoms. The Kier molecular flexibility index (Phi) is 2.25. The highest BCUT2D eigenvalue weighted by molar-refractivity contribution is 5.05. The number of H-pyrrole nitrogens is 1. The number of methoxy groups -OCH3 is 1. The maximum Gasteiger partial charge on any atom is 0.296 e. The summed E-state index contributed by atoms with van der Waals surface area (Å²) >= 11 is 0. The Hall–Kier alpha value is -1.32. The summed E-state index contributed by atoms with van der Waals surface area (Å²) in [6.07, 6.45) is 0.736. The van der Waals surface area contributed by atoms with Gasteiger partial charge in [0, 0.05) is 6.07 Å². The van der Waals surface area contributed by atoms with Gasteiger partial charge in [0.05, 0.1) is 12.8 Å². The Labute approximate surface area is 64.2 Å². The minimum absolute atomic E-state index is 0.172. The number of hydrogen-bond donors (Lipinski definition) is 1. The summed E-state index contributed by atoms with van der Waals surface area (Å²) in [5, 5.41) is 0. The molecule has 0 spiro atoms. The van der Waals surface area contributed by atoms with Crippen molar-refractivity contribution in [1.29, 1.82) is 0 Å². The molecule has 1 heterocycles. The van der Waals surface area contributed by atoms with Crippen LogP contribution >= 0.6 is 0 Å². The Morgan fingerprint density at radius 1 is 1.73 bits per heavy atom. The first-order valence-electron chi connectivity index (χ1n) is 3.40. The van der Waals surface area contributed by atoms with Crippen molar-refractivity contribution < 1.29 is 4.74 Å². The van der Waals surface area contributed by atoms with Crippen LogP contribution in [0.5, 0.6) is 6.01 Å². The van der Waals surface area contributed by atoms with Crippen LogP contribution in [0, 0.1) is 0 Å². The van der Waals surface area contributed by atoms with E-state index in [-0.39, 0.29) is 11.6 Å². The van der Waals surface area contributed by atoms with Crippen LogP contribution in [0.15, 0.2) is 10.9 Å². The van der Waals surface area contributed by atoms with E-state index in [1.807, 2.05) is 6.92 Å². The first kappa shape index (κ1) is 7.78. The molecule has 0 unspecified atom stereocenters. The van der Waals surface area contributed by atoms with Gasteiger partial charge in [0.25, 0.3) is 11.6 Å². The number of hydrogen-bond acceptors (Lipinski definition) is 3. The second kappa shape index (κ2) is 3.18. The molecule has 0 amide bonds. The molecule has 1 N–H and O–H groups in total. The number of aryl methyl sites for hydroxylation is 1. The largest absolute Gasteiger partial charge is 0.468 e. The molecule has 0 aliphatic carbocycles. The van der Waals surface area contributed by atoms with Gasteiger partial charge in [-0.3, -0.25) is 9.78 Å². The standard InChI is InChI=1S/C7H10N2O2/c1-3-5-4-6(10)9-7(8-5)11-2/h4H,3H2,1-2H3,(H,8,9,10). The molecule has 4 nitrogen and oxygen atoms in total. The molecule has 0 aromatic carbocycles. The van der Waals surface area contributed by atoms with E-state index in [2.05, 4.69) is 9.97 Å².